The van der Waals surface area contributed by atoms with Crippen LogP contribution in [0.2, 0.25) is 0 Å². The smallest absolute Gasteiger partial charge is 0.415 e. The maximum atomic E-state index is 11.8. The molecule has 0 atom stereocenters. The van der Waals surface area contributed by atoms with Gasteiger partial charge in [-0.15, -0.1) is 0 Å². The predicted molar refractivity (Wildman–Crippen MR) is 63.4 cm³/mol. The van der Waals surface area contributed by atoms with Gasteiger partial charge in [-0.05, 0) is 31.4 Å². The average Bonchev–Trinajstić information content (AvgIpc) is 2.27. The monoisotopic (exact) mass is 217 g/mol. The van der Waals surface area contributed by atoms with Crippen LogP contribution in [-0.2, 0) is 11.2 Å². The van der Waals surface area contributed by atoms with E-state index in [9.17, 15) is 4.79 Å². The summed E-state index contributed by atoms with van der Waals surface area (Å²) in [5.74, 6) is 0.424. The van der Waals surface area contributed by atoms with Gasteiger partial charge in [0, 0.05) is 6.54 Å². The number of carbonyl (C=O) groups excluding carboxylic acids is 1. The molecule has 1 amide bonds. The Morgan fingerprint density at radius 3 is 2.94 bits per heavy atom. The van der Waals surface area contributed by atoms with Crippen LogP contribution >= 0.6 is 0 Å². The van der Waals surface area contributed by atoms with Crippen LogP contribution in [0.25, 0.3) is 0 Å². The number of hydrogen-bond donors (Lipinski definition) is 0. The highest BCUT2D eigenvalue weighted by Crippen LogP contribution is 2.27. The van der Waals surface area contributed by atoms with Crippen molar-refractivity contribution in [3.05, 3.63) is 42.2 Å². The number of fused-ring (bicyclic) bond motifs is 1. The van der Waals surface area contributed by atoms with Crippen molar-refractivity contribution in [2.75, 3.05) is 11.4 Å². The number of benzene rings is 1. The molecule has 84 valence electrons. The minimum atomic E-state index is -0.334. The first kappa shape index (κ1) is 10.7. The molecule has 0 spiro atoms. The standard InChI is InChI=1S/C13H15NO2/c1-10(2)16-13(15)14-9-5-7-11-6-3-4-8-12(11)14/h3-4,6,8H,1,5,7,9H2,2H3. The van der Waals surface area contributed by atoms with E-state index in [1.165, 1.54) is 5.56 Å². The molecule has 1 aliphatic heterocycles. The van der Waals surface area contributed by atoms with E-state index in [1.807, 2.05) is 18.2 Å². The van der Waals surface area contributed by atoms with Crippen LogP contribution < -0.4 is 4.90 Å². The fraction of sp³-hybridized carbons (Fsp3) is 0.308. The maximum Gasteiger partial charge on any atom is 0.419 e. The van der Waals surface area contributed by atoms with Gasteiger partial charge >= 0.3 is 6.09 Å². The second-order valence-electron chi connectivity index (χ2n) is 3.95. The molecule has 2 rings (SSSR count). The van der Waals surface area contributed by atoms with Gasteiger partial charge in [0.1, 0.15) is 0 Å². The summed E-state index contributed by atoms with van der Waals surface area (Å²) < 4.78 is 5.04. The lowest BCUT2D eigenvalue weighted by Gasteiger charge is -2.28. The summed E-state index contributed by atoms with van der Waals surface area (Å²) in [5, 5.41) is 0. The molecule has 0 saturated carbocycles. The van der Waals surface area contributed by atoms with Crippen molar-refractivity contribution < 1.29 is 9.53 Å². The molecule has 1 aliphatic rings. The topological polar surface area (TPSA) is 29.5 Å². The predicted octanol–water partition coefficient (Wildman–Crippen LogP) is 3.11. The molecule has 3 nitrogen and oxygen atoms in total. The Balaban J connectivity index is 2.24. The Morgan fingerprint density at radius 2 is 2.19 bits per heavy atom. The Hall–Kier alpha value is -1.77. The van der Waals surface area contributed by atoms with E-state index in [-0.39, 0.29) is 6.09 Å². The van der Waals surface area contributed by atoms with Crippen LogP contribution in [0.4, 0.5) is 10.5 Å². The molecule has 1 heterocycles. The van der Waals surface area contributed by atoms with Crippen molar-refractivity contribution in [1.29, 1.82) is 0 Å². The fourth-order valence-electron chi connectivity index (χ4n) is 1.93. The molecule has 0 bridgehead atoms. The maximum absolute atomic E-state index is 11.8. The summed E-state index contributed by atoms with van der Waals surface area (Å²) >= 11 is 0. The van der Waals surface area contributed by atoms with Crippen LogP contribution in [0.15, 0.2) is 36.6 Å². The van der Waals surface area contributed by atoms with Crippen LogP contribution in [0.3, 0.4) is 0 Å². The van der Waals surface area contributed by atoms with Crippen molar-refractivity contribution in [3.8, 4) is 0 Å². The zero-order valence-corrected chi connectivity index (χ0v) is 9.40. The quantitative estimate of drug-likeness (QED) is 0.676. The molecule has 0 aliphatic carbocycles. The number of rotatable bonds is 1. The number of ether oxygens (including phenoxy) is 1. The number of carbonyl (C=O) groups is 1. The third-order valence-electron chi connectivity index (χ3n) is 2.59. The van der Waals surface area contributed by atoms with Gasteiger partial charge in [0.05, 0.1) is 11.4 Å². The molecule has 16 heavy (non-hydrogen) atoms. The molecule has 1 aromatic rings. The lowest BCUT2D eigenvalue weighted by molar-refractivity contribution is 0.183. The van der Waals surface area contributed by atoms with E-state index in [4.69, 9.17) is 4.74 Å². The van der Waals surface area contributed by atoms with Gasteiger partial charge in [-0.3, -0.25) is 4.90 Å². The van der Waals surface area contributed by atoms with Gasteiger partial charge in [0.2, 0.25) is 0 Å². The van der Waals surface area contributed by atoms with E-state index < -0.39 is 0 Å². The van der Waals surface area contributed by atoms with E-state index in [0.29, 0.717) is 12.3 Å². The van der Waals surface area contributed by atoms with Crippen LogP contribution in [0.5, 0.6) is 0 Å². The summed E-state index contributed by atoms with van der Waals surface area (Å²) in [6.45, 7) is 5.96. The summed E-state index contributed by atoms with van der Waals surface area (Å²) in [7, 11) is 0. The number of amides is 1. The van der Waals surface area contributed by atoms with E-state index in [2.05, 4.69) is 12.6 Å². The minimum Gasteiger partial charge on any atom is -0.415 e. The molecule has 0 unspecified atom stereocenters. The second kappa shape index (κ2) is 4.39. The van der Waals surface area contributed by atoms with Gasteiger partial charge in [-0.2, -0.15) is 0 Å². The third-order valence-corrected chi connectivity index (χ3v) is 2.59. The van der Waals surface area contributed by atoms with Crippen molar-refractivity contribution in [2.24, 2.45) is 0 Å². The second-order valence-corrected chi connectivity index (χ2v) is 3.95. The normalized spacial score (nSPS) is 14.2. The zero-order chi connectivity index (χ0) is 11.5. The highest BCUT2D eigenvalue weighted by molar-refractivity contribution is 5.89. The van der Waals surface area contributed by atoms with Gasteiger partial charge in [0.15, 0.2) is 0 Å². The van der Waals surface area contributed by atoms with Gasteiger partial charge in [0.25, 0.3) is 0 Å². The molecular formula is C13H15NO2. The molecule has 0 N–H and O–H groups in total. The Morgan fingerprint density at radius 1 is 1.44 bits per heavy atom. The van der Waals surface area contributed by atoms with E-state index in [0.717, 1.165) is 18.5 Å². The summed E-state index contributed by atoms with van der Waals surface area (Å²) in [6, 6.07) is 7.93. The van der Waals surface area contributed by atoms with Crippen molar-refractivity contribution in [1.82, 2.24) is 0 Å². The molecule has 0 radical (unpaired) electrons. The first-order valence-electron chi connectivity index (χ1n) is 5.41. The van der Waals surface area contributed by atoms with Crippen molar-refractivity contribution in [3.63, 3.8) is 0 Å². The number of hydrogen-bond acceptors (Lipinski definition) is 2. The summed E-state index contributed by atoms with van der Waals surface area (Å²) in [6.07, 6.45) is 1.66. The molecule has 0 saturated heterocycles. The number of para-hydroxylation sites is 1. The summed E-state index contributed by atoms with van der Waals surface area (Å²) in [5.41, 5.74) is 2.16. The lowest BCUT2D eigenvalue weighted by atomic mass is 10.0. The molecular weight excluding hydrogens is 202 g/mol. The number of allylic oxidation sites excluding steroid dienone is 1. The molecule has 1 aromatic carbocycles. The number of aryl methyl sites for hydroxylation is 1. The van der Waals surface area contributed by atoms with Gasteiger partial charge in [-0.1, -0.05) is 24.8 Å². The van der Waals surface area contributed by atoms with Gasteiger partial charge < -0.3 is 4.74 Å². The molecule has 0 aromatic heterocycles. The van der Waals surface area contributed by atoms with Crippen LogP contribution in [0, 0.1) is 0 Å². The Labute approximate surface area is 95.3 Å². The number of anilines is 1. The van der Waals surface area contributed by atoms with E-state index in [1.54, 1.807) is 11.8 Å². The fourth-order valence-corrected chi connectivity index (χ4v) is 1.93. The molecule has 3 heteroatoms. The largest absolute Gasteiger partial charge is 0.419 e. The highest BCUT2D eigenvalue weighted by atomic mass is 16.6. The average molecular weight is 217 g/mol. The summed E-state index contributed by atoms with van der Waals surface area (Å²) in [4.78, 5) is 13.5. The third kappa shape index (κ3) is 2.08. The minimum absolute atomic E-state index is 0.334. The Bertz CT molecular complexity index is 426. The highest BCUT2D eigenvalue weighted by Gasteiger charge is 2.23. The van der Waals surface area contributed by atoms with E-state index >= 15 is 0 Å². The Kier molecular flexibility index (Phi) is 2.95. The first-order valence-corrected chi connectivity index (χ1v) is 5.41. The molecule has 0 fully saturated rings. The zero-order valence-electron chi connectivity index (χ0n) is 9.40. The van der Waals surface area contributed by atoms with Crippen molar-refractivity contribution >= 4 is 11.8 Å². The van der Waals surface area contributed by atoms with Crippen LogP contribution in [-0.4, -0.2) is 12.6 Å². The van der Waals surface area contributed by atoms with Gasteiger partial charge in [-0.25, -0.2) is 4.79 Å². The lowest BCUT2D eigenvalue weighted by Crippen LogP contribution is -2.35. The van der Waals surface area contributed by atoms with Crippen LogP contribution in [0.1, 0.15) is 18.9 Å². The SMILES string of the molecule is C=C(C)OC(=O)N1CCCc2ccccc21. The number of nitrogens with zero attached hydrogens (tertiary/aromatic N) is 1. The van der Waals surface area contributed by atoms with Crippen molar-refractivity contribution in [2.45, 2.75) is 19.8 Å². The first-order chi connectivity index (χ1) is 7.68.